The Labute approximate surface area is 106 Å². The number of hydrogen-bond acceptors (Lipinski definition) is 3. The molecule has 0 aliphatic heterocycles. The number of carboxylic acid groups (broad SMARTS) is 2. The smallest absolute Gasteiger partial charge is 0.357 e. The van der Waals surface area contributed by atoms with Crippen LogP contribution in [0.2, 0.25) is 5.15 Å². The number of carboxylic acids is 2. The van der Waals surface area contributed by atoms with Crippen LogP contribution in [0.4, 0.5) is 0 Å². The van der Waals surface area contributed by atoms with Gasteiger partial charge in [0, 0.05) is 0 Å². The Morgan fingerprint density at radius 2 is 1.72 bits per heavy atom. The molecule has 1 heterocycles. The van der Waals surface area contributed by atoms with Crippen LogP contribution >= 0.6 is 11.6 Å². The van der Waals surface area contributed by atoms with Crippen molar-refractivity contribution in [3.05, 3.63) is 46.7 Å². The molecule has 6 nitrogen and oxygen atoms in total. The zero-order valence-corrected chi connectivity index (χ0v) is 9.63. The van der Waals surface area contributed by atoms with E-state index in [1.165, 1.54) is 0 Å². The molecule has 0 atom stereocenters. The Bertz CT molecular complexity index is 621. The van der Waals surface area contributed by atoms with E-state index in [0.29, 0.717) is 5.69 Å². The third-order valence-electron chi connectivity index (χ3n) is 2.25. The van der Waals surface area contributed by atoms with Crippen molar-refractivity contribution in [2.75, 3.05) is 0 Å². The summed E-state index contributed by atoms with van der Waals surface area (Å²) in [6.45, 7) is 0. The van der Waals surface area contributed by atoms with Gasteiger partial charge < -0.3 is 10.2 Å². The van der Waals surface area contributed by atoms with E-state index >= 15 is 0 Å². The Kier molecular flexibility index (Phi) is 3.03. The molecular formula is C11H7ClN2O4. The first kappa shape index (κ1) is 12.1. The van der Waals surface area contributed by atoms with E-state index in [1.807, 2.05) is 0 Å². The number of aromatic carboxylic acids is 2. The molecule has 7 heteroatoms. The molecule has 2 aromatic rings. The highest BCUT2D eigenvalue weighted by Gasteiger charge is 2.27. The fourth-order valence-corrected chi connectivity index (χ4v) is 1.78. The number of hydrogen-bond donors (Lipinski definition) is 2. The highest BCUT2D eigenvalue weighted by atomic mass is 35.5. The van der Waals surface area contributed by atoms with Crippen molar-refractivity contribution >= 4 is 23.5 Å². The summed E-state index contributed by atoms with van der Waals surface area (Å²) in [6, 6.07) is 8.44. The van der Waals surface area contributed by atoms with Crippen LogP contribution in [-0.4, -0.2) is 31.9 Å². The molecule has 0 aliphatic rings. The summed E-state index contributed by atoms with van der Waals surface area (Å²) in [4.78, 5) is 21.9. The summed E-state index contributed by atoms with van der Waals surface area (Å²) in [6.07, 6.45) is 0. The molecule has 0 aliphatic carbocycles. The molecule has 92 valence electrons. The molecule has 1 aromatic carbocycles. The molecule has 0 amide bonds. The average molecular weight is 267 g/mol. The second-order valence-corrected chi connectivity index (χ2v) is 3.73. The van der Waals surface area contributed by atoms with Crippen molar-refractivity contribution in [1.29, 1.82) is 0 Å². The molecule has 0 spiro atoms. The Hall–Kier alpha value is -2.34. The second kappa shape index (κ2) is 4.50. The lowest BCUT2D eigenvalue weighted by Gasteiger charge is -2.01. The quantitative estimate of drug-likeness (QED) is 0.885. The van der Waals surface area contributed by atoms with Crippen LogP contribution in [0.1, 0.15) is 20.8 Å². The van der Waals surface area contributed by atoms with Crippen LogP contribution in [0, 0.1) is 0 Å². The molecule has 0 radical (unpaired) electrons. The van der Waals surface area contributed by atoms with Crippen molar-refractivity contribution in [3.8, 4) is 5.69 Å². The minimum absolute atomic E-state index is 0.244. The van der Waals surface area contributed by atoms with Crippen molar-refractivity contribution in [3.63, 3.8) is 0 Å². The summed E-state index contributed by atoms with van der Waals surface area (Å²) < 4.78 is 1.08. The number of halogens is 1. The number of rotatable bonds is 3. The highest BCUT2D eigenvalue weighted by Crippen LogP contribution is 2.23. The number of benzene rings is 1. The standard InChI is InChI=1S/C11H7ClN2O4/c12-9-7(10(15)16)8(11(17)18)13-14(9)6-4-2-1-3-5-6/h1-5H,(H,15,16)(H,17,18). The minimum atomic E-state index is -1.44. The minimum Gasteiger partial charge on any atom is -0.477 e. The van der Waals surface area contributed by atoms with Gasteiger partial charge in [0.2, 0.25) is 0 Å². The zero-order valence-electron chi connectivity index (χ0n) is 8.87. The second-order valence-electron chi connectivity index (χ2n) is 3.37. The van der Waals surface area contributed by atoms with Crippen LogP contribution in [0.3, 0.4) is 0 Å². The van der Waals surface area contributed by atoms with E-state index in [1.54, 1.807) is 30.3 Å². The van der Waals surface area contributed by atoms with E-state index in [4.69, 9.17) is 21.8 Å². The summed E-state index contributed by atoms with van der Waals surface area (Å²) >= 11 is 5.86. The van der Waals surface area contributed by atoms with Crippen LogP contribution in [0.5, 0.6) is 0 Å². The largest absolute Gasteiger partial charge is 0.477 e. The van der Waals surface area contributed by atoms with E-state index in [2.05, 4.69) is 5.10 Å². The van der Waals surface area contributed by atoms with Crippen molar-refractivity contribution in [1.82, 2.24) is 9.78 Å². The lowest BCUT2D eigenvalue weighted by atomic mass is 10.2. The van der Waals surface area contributed by atoms with Crippen LogP contribution in [0.25, 0.3) is 5.69 Å². The topological polar surface area (TPSA) is 92.4 Å². The SMILES string of the molecule is O=C(O)c1nn(-c2ccccc2)c(Cl)c1C(=O)O. The molecule has 0 bridgehead atoms. The van der Waals surface area contributed by atoms with E-state index in [0.717, 1.165) is 4.68 Å². The van der Waals surface area contributed by atoms with Gasteiger partial charge in [0.05, 0.1) is 5.69 Å². The Balaban J connectivity index is 2.68. The fourth-order valence-electron chi connectivity index (χ4n) is 1.48. The predicted octanol–water partition coefficient (Wildman–Crippen LogP) is 1.92. The van der Waals surface area contributed by atoms with Gasteiger partial charge in [0.1, 0.15) is 10.7 Å². The van der Waals surface area contributed by atoms with Gasteiger partial charge in [-0.05, 0) is 12.1 Å². The van der Waals surface area contributed by atoms with Gasteiger partial charge in [-0.15, -0.1) is 0 Å². The van der Waals surface area contributed by atoms with E-state index < -0.39 is 23.2 Å². The monoisotopic (exact) mass is 266 g/mol. The van der Waals surface area contributed by atoms with E-state index in [-0.39, 0.29) is 5.15 Å². The maximum Gasteiger partial charge on any atom is 0.357 e. The molecule has 0 saturated heterocycles. The number of nitrogens with zero attached hydrogens (tertiary/aromatic N) is 2. The third-order valence-corrected chi connectivity index (χ3v) is 2.60. The molecular weight excluding hydrogens is 260 g/mol. The van der Waals surface area contributed by atoms with Crippen LogP contribution in [0.15, 0.2) is 30.3 Å². The molecule has 18 heavy (non-hydrogen) atoms. The summed E-state index contributed by atoms with van der Waals surface area (Å²) in [5, 5.41) is 21.3. The first-order valence-electron chi connectivity index (χ1n) is 4.83. The van der Waals surface area contributed by atoms with Gasteiger partial charge in [-0.25, -0.2) is 14.3 Å². The molecule has 1 aromatic heterocycles. The van der Waals surface area contributed by atoms with Gasteiger partial charge in [-0.2, -0.15) is 5.10 Å². The average Bonchev–Trinajstić information content (AvgIpc) is 2.68. The Morgan fingerprint density at radius 1 is 1.11 bits per heavy atom. The van der Waals surface area contributed by atoms with Gasteiger partial charge in [0.15, 0.2) is 5.69 Å². The predicted molar refractivity (Wildman–Crippen MR) is 62.5 cm³/mol. The van der Waals surface area contributed by atoms with Crippen molar-refractivity contribution in [2.24, 2.45) is 0 Å². The van der Waals surface area contributed by atoms with Crippen LogP contribution < -0.4 is 0 Å². The number of para-hydroxylation sites is 1. The maximum atomic E-state index is 11.0. The Morgan fingerprint density at radius 3 is 2.17 bits per heavy atom. The van der Waals surface area contributed by atoms with Gasteiger partial charge in [-0.3, -0.25) is 0 Å². The first-order chi connectivity index (χ1) is 8.52. The molecule has 0 unspecified atom stereocenters. The third kappa shape index (κ3) is 1.93. The zero-order chi connectivity index (χ0) is 13.3. The maximum absolute atomic E-state index is 11.0. The summed E-state index contributed by atoms with van der Waals surface area (Å²) in [5.74, 6) is -2.87. The molecule has 0 fully saturated rings. The molecule has 2 rings (SSSR count). The number of carbonyl (C=O) groups is 2. The molecule has 2 N–H and O–H groups in total. The van der Waals surface area contributed by atoms with Crippen molar-refractivity contribution < 1.29 is 19.8 Å². The lowest BCUT2D eigenvalue weighted by molar-refractivity contribution is 0.0648. The summed E-state index contributed by atoms with van der Waals surface area (Å²) in [5.41, 5.74) is -0.623. The van der Waals surface area contributed by atoms with Gasteiger partial charge in [0.25, 0.3) is 0 Å². The molecule has 0 saturated carbocycles. The van der Waals surface area contributed by atoms with Gasteiger partial charge in [-0.1, -0.05) is 29.8 Å². The normalized spacial score (nSPS) is 10.3. The van der Waals surface area contributed by atoms with Crippen LogP contribution in [-0.2, 0) is 0 Å². The van der Waals surface area contributed by atoms with Crippen molar-refractivity contribution in [2.45, 2.75) is 0 Å². The first-order valence-corrected chi connectivity index (χ1v) is 5.20. The lowest BCUT2D eigenvalue weighted by Crippen LogP contribution is -2.06. The van der Waals surface area contributed by atoms with E-state index in [9.17, 15) is 9.59 Å². The number of aromatic nitrogens is 2. The summed E-state index contributed by atoms with van der Waals surface area (Å²) in [7, 11) is 0. The van der Waals surface area contributed by atoms with Gasteiger partial charge >= 0.3 is 11.9 Å². The highest BCUT2D eigenvalue weighted by molar-refractivity contribution is 6.33. The fraction of sp³-hybridized carbons (Fsp3) is 0.